The first-order valence-corrected chi connectivity index (χ1v) is 6.21. The Kier molecular flexibility index (Phi) is 6.58. The van der Waals surface area contributed by atoms with E-state index < -0.39 is 0 Å². The van der Waals surface area contributed by atoms with Gasteiger partial charge < -0.3 is 10.1 Å². The Morgan fingerprint density at radius 2 is 2.31 bits per heavy atom. The summed E-state index contributed by atoms with van der Waals surface area (Å²) in [7, 11) is 0. The molecule has 2 heterocycles. The average molecular weight is 222 g/mol. The predicted octanol–water partition coefficient (Wildman–Crippen LogP) is 2.63. The predicted molar refractivity (Wildman–Crippen MR) is 66.7 cm³/mol. The second-order valence-corrected chi connectivity index (χ2v) is 3.65. The minimum Gasteiger partial charge on any atom is -0.490 e. The van der Waals surface area contributed by atoms with Crippen LogP contribution in [0.4, 0.5) is 0 Å². The Morgan fingerprint density at radius 3 is 2.94 bits per heavy atom. The van der Waals surface area contributed by atoms with Gasteiger partial charge in [0, 0.05) is 12.2 Å². The number of aromatic nitrogens is 1. The highest BCUT2D eigenvalue weighted by molar-refractivity contribution is 5.15. The molecule has 0 amide bonds. The second-order valence-electron chi connectivity index (χ2n) is 3.65. The molecular formula is C13H22N2O. The topological polar surface area (TPSA) is 34.1 Å². The van der Waals surface area contributed by atoms with Crippen LogP contribution in [0.2, 0.25) is 0 Å². The average Bonchev–Trinajstić information content (AvgIpc) is 2.41. The lowest BCUT2D eigenvalue weighted by molar-refractivity contribution is 0.238. The molecule has 0 bridgehead atoms. The maximum absolute atomic E-state index is 5.62. The Bertz CT molecular complexity index is 258. The minimum absolute atomic E-state index is 0.518. The molecule has 1 atom stereocenters. The molecule has 1 unspecified atom stereocenters. The van der Waals surface area contributed by atoms with Gasteiger partial charge in [0.25, 0.3) is 0 Å². The maximum Gasteiger partial charge on any atom is 0.137 e. The van der Waals surface area contributed by atoms with E-state index >= 15 is 0 Å². The molecule has 1 aromatic heterocycles. The molecule has 3 nitrogen and oxygen atoms in total. The van der Waals surface area contributed by atoms with Gasteiger partial charge in [-0.3, -0.25) is 4.98 Å². The van der Waals surface area contributed by atoms with Gasteiger partial charge in [-0.2, -0.15) is 0 Å². The molecular weight excluding hydrogens is 200 g/mol. The minimum atomic E-state index is 0.518. The zero-order valence-corrected chi connectivity index (χ0v) is 10.3. The first-order chi connectivity index (χ1) is 7.95. The molecule has 0 saturated carbocycles. The summed E-state index contributed by atoms with van der Waals surface area (Å²) in [4.78, 5) is 4.00. The molecule has 2 rings (SSSR count). The van der Waals surface area contributed by atoms with Gasteiger partial charge in [-0.1, -0.05) is 20.3 Å². The summed E-state index contributed by atoms with van der Waals surface area (Å²) in [5.41, 5.74) is 0. The molecule has 1 aromatic rings. The van der Waals surface area contributed by atoms with E-state index in [0.717, 1.165) is 18.9 Å². The molecule has 0 radical (unpaired) electrons. The van der Waals surface area contributed by atoms with Gasteiger partial charge in [-0.15, -0.1) is 0 Å². The van der Waals surface area contributed by atoms with Gasteiger partial charge in [-0.05, 0) is 31.5 Å². The zero-order valence-electron chi connectivity index (χ0n) is 10.3. The van der Waals surface area contributed by atoms with Gasteiger partial charge in [0.05, 0.1) is 6.20 Å². The number of hydrogen-bond acceptors (Lipinski definition) is 3. The van der Waals surface area contributed by atoms with Gasteiger partial charge in [0.15, 0.2) is 0 Å². The van der Waals surface area contributed by atoms with E-state index in [-0.39, 0.29) is 0 Å². The molecule has 1 fully saturated rings. The van der Waals surface area contributed by atoms with E-state index in [4.69, 9.17) is 4.74 Å². The molecule has 1 N–H and O–H groups in total. The summed E-state index contributed by atoms with van der Waals surface area (Å²) < 4.78 is 5.62. The van der Waals surface area contributed by atoms with E-state index in [0.29, 0.717) is 6.04 Å². The van der Waals surface area contributed by atoms with Crippen LogP contribution >= 0.6 is 0 Å². The van der Waals surface area contributed by atoms with Gasteiger partial charge >= 0.3 is 0 Å². The Morgan fingerprint density at radius 1 is 1.44 bits per heavy atom. The third-order valence-electron chi connectivity index (χ3n) is 2.50. The number of pyridine rings is 1. The van der Waals surface area contributed by atoms with Gasteiger partial charge in [-0.25, -0.2) is 0 Å². The highest BCUT2D eigenvalue weighted by Crippen LogP contribution is 2.10. The molecule has 0 spiro atoms. The summed E-state index contributed by atoms with van der Waals surface area (Å²) in [6, 6.07) is 4.35. The molecule has 1 aliphatic rings. The monoisotopic (exact) mass is 222 g/mol. The van der Waals surface area contributed by atoms with E-state index in [2.05, 4.69) is 10.3 Å². The van der Waals surface area contributed by atoms with Crippen molar-refractivity contribution in [2.45, 2.75) is 39.2 Å². The third-order valence-corrected chi connectivity index (χ3v) is 2.50. The number of piperidine rings is 1. The van der Waals surface area contributed by atoms with Crippen molar-refractivity contribution >= 4 is 0 Å². The van der Waals surface area contributed by atoms with Crippen molar-refractivity contribution in [1.29, 1.82) is 0 Å². The van der Waals surface area contributed by atoms with Crippen LogP contribution in [0, 0.1) is 0 Å². The number of ether oxygens (including phenoxy) is 1. The van der Waals surface area contributed by atoms with Crippen LogP contribution < -0.4 is 10.1 Å². The molecule has 16 heavy (non-hydrogen) atoms. The quantitative estimate of drug-likeness (QED) is 0.853. The summed E-state index contributed by atoms with van der Waals surface area (Å²) in [5, 5.41) is 3.44. The van der Waals surface area contributed by atoms with Crippen LogP contribution in [0.25, 0.3) is 0 Å². The number of rotatable bonds is 3. The summed E-state index contributed by atoms with van der Waals surface area (Å²) >= 11 is 0. The lowest BCUT2D eigenvalue weighted by atomic mass is 10.1. The first kappa shape index (κ1) is 13.0. The Balaban J connectivity index is 0.000000606. The lowest BCUT2D eigenvalue weighted by Gasteiger charge is -2.23. The van der Waals surface area contributed by atoms with E-state index in [1.54, 1.807) is 12.4 Å². The van der Waals surface area contributed by atoms with Crippen LogP contribution in [0.15, 0.2) is 24.5 Å². The molecule has 1 saturated heterocycles. The van der Waals surface area contributed by atoms with Crippen molar-refractivity contribution in [1.82, 2.24) is 10.3 Å². The lowest BCUT2D eigenvalue weighted by Crippen LogP contribution is -2.38. The summed E-state index contributed by atoms with van der Waals surface area (Å²) in [6.07, 6.45) is 7.34. The highest BCUT2D eigenvalue weighted by Gasteiger charge is 2.12. The van der Waals surface area contributed by atoms with Crippen LogP contribution in [0.1, 0.15) is 33.1 Å². The molecule has 0 aromatic carbocycles. The molecule has 0 aliphatic carbocycles. The first-order valence-electron chi connectivity index (χ1n) is 6.21. The fraction of sp³-hybridized carbons (Fsp3) is 0.615. The maximum atomic E-state index is 5.62. The molecule has 90 valence electrons. The van der Waals surface area contributed by atoms with Gasteiger partial charge in [0.1, 0.15) is 12.4 Å². The van der Waals surface area contributed by atoms with Crippen molar-refractivity contribution in [3.8, 4) is 5.75 Å². The van der Waals surface area contributed by atoms with Crippen LogP contribution in [-0.2, 0) is 0 Å². The second kappa shape index (κ2) is 8.11. The van der Waals surface area contributed by atoms with Crippen LogP contribution in [0.3, 0.4) is 0 Å². The van der Waals surface area contributed by atoms with Gasteiger partial charge in [0.2, 0.25) is 0 Å². The fourth-order valence-electron chi connectivity index (χ4n) is 1.70. The largest absolute Gasteiger partial charge is 0.490 e. The van der Waals surface area contributed by atoms with Crippen molar-refractivity contribution in [2.24, 2.45) is 0 Å². The van der Waals surface area contributed by atoms with E-state index in [1.807, 2.05) is 26.0 Å². The van der Waals surface area contributed by atoms with Crippen LogP contribution in [0.5, 0.6) is 5.75 Å². The van der Waals surface area contributed by atoms with Crippen molar-refractivity contribution in [3.63, 3.8) is 0 Å². The summed E-state index contributed by atoms with van der Waals surface area (Å²) in [5.74, 6) is 0.861. The van der Waals surface area contributed by atoms with E-state index in [1.165, 1.54) is 19.3 Å². The normalized spacial score (nSPS) is 19.5. The highest BCUT2D eigenvalue weighted by atomic mass is 16.5. The molecule has 3 heteroatoms. The Labute approximate surface area is 98.2 Å². The summed E-state index contributed by atoms with van der Waals surface area (Å²) in [6.45, 7) is 5.88. The third kappa shape index (κ3) is 4.62. The fourth-order valence-corrected chi connectivity index (χ4v) is 1.70. The smallest absolute Gasteiger partial charge is 0.137 e. The number of nitrogens with one attached hydrogen (secondary N) is 1. The number of nitrogens with zero attached hydrogens (tertiary/aromatic N) is 1. The zero-order chi connectivity index (χ0) is 11.6. The standard InChI is InChI=1S/C11H16N2O.C2H6/c1-2-7-13-10(4-1)9-14-11-5-3-6-12-8-11;1-2/h3,5-6,8,10,13H,1-2,4,7,9H2;1-2H3. The van der Waals surface area contributed by atoms with Crippen molar-refractivity contribution in [3.05, 3.63) is 24.5 Å². The SMILES string of the molecule is CC.c1cncc(OCC2CCCCN2)c1. The Hall–Kier alpha value is -1.09. The number of hydrogen-bond donors (Lipinski definition) is 1. The van der Waals surface area contributed by atoms with Crippen molar-refractivity contribution in [2.75, 3.05) is 13.2 Å². The van der Waals surface area contributed by atoms with Crippen molar-refractivity contribution < 1.29 is 4.74 Å². The van der Waals surface area contributed by atoms with Crippen LogP contribution in [-0.4, -0.2) is 24.2 Å². The van der Waals surface area contributed by atoms with E-state index in [9.17, 15) is 0 Å². The molecule has 1 aliphatic heterocycles.